The number of aromatic nitrogens is 2. The Bertz CT molecular complexity index is 1550. The van der Waals surface area contributed by atoms with Crippen molar-refractivity contribution in [2.75, 3.05) is 11.9 Å². The number of anilines is 1. The monoisotopic (exact) mass is 549 g/mol. The molecule has 0 radical (unpaired) electrons. The smallest absolute Gasteiger partial charge is 0.435 e. The number of nitriles is 1. The van der Waals surface area contributed by atoms with Crippen LogP contribution in [0.4, 0.5) is 18.9 Å². The zero-order chi connectivity index (χ0) is 29.1. The summed E-state index contributed by atoms with van der Waals surface area (Å²) in [4.78, 5) is 13.1. The number of rotatable bonds is 8. The molecule has 0 aliphatic carbocycles. The highest BCUT2D eigenvalue weighted by Gasteiger charge is 2.36. The maximum atomic E-state index is 13.5. The summed E-state index contributed by atoms with van der Waals surface area (Å²) < 4.78 is 46.9. The van der Waals surface area contributed by atoms with E-state index in [9.17, 15) is 23.1 Å². The van der Waals surface area contributed by atoms with E-state index in [1.165, 1.54) is 30.3 Å². The van der Waals surface area contributed by atoms with Crippen molar-refractivity contribution >= 4 is 11.6 Å². The van der Waals surface area contributed by atoms with Gasteiger partial charge in [-0.3, -0.25) is 4.79 Å². The second-order valence-corrected chi connectivity index (χ2v) is 9.81. The highest BCUT2D eigenvalue weighted by Crippen LogP contribution is 2.31. The fraction of sp³-hybridized carbons (Fsp3) is 0.207. The maximum absolute atomic E-state index is 13.5. The lowest BCUT2D eigenvalue weighted by Crippen LogP contribution is -2.38. The topological polar surface area (TPSA) is 126 Å². The summed E-state index contributed by atoms with van der Waals surface area (Å²) >= 11 is 0. The Labute approximate surface area is 228 Å². The molecule has 4 aromatic rings. The molecule has 0 bridgehead atoms. The summed E-state index contributed by atoms with van der Waals surface area (Å²) in [6.45, 7) is 3.99. The van der Waals surface area contributed by atoms with Crippen molar-refractivity contribution in [3.63, 3.8) is 0 Å². The van der Waals surface area contributed by atoms with Gasteiger partial charge in [-0.1, -0.05) is 30.3 Å². The molecular formula is C29H26F3N5O3. The number of ether oxygens (including phenoxy) is 1. The lowest BCUT2D eigenvalue weighted by Gasteiger charge is -2.19. The minimum atomic E-state index is -4.79. The summed E-state index contributed by atoms with van der Waals surface area (Å²) in [5, 5.41) is 26.2. The van der Waals surface area contributed by atoms with E-state index in [0.717, 1.165) is 4.68 Å². The van der Waals surface area contributed by atoms with Gasteiger partial charge in [-0.05, 0) is 67.4 Å². The number of halogens is 3. The number of carbonyl (C=O) groups excluding carboxylic acids is 1. The van der Waals surface area contributed by atoms with E-state index in [1.54, 1.807) is 42.5 Å². The van der Waals surface area contributed by atoms with Gasteiger partial charge in [-0.25, -0.2) is 4.68 Å². The lowest BCUT2D eigenvalue weighted by molar-refractivity contribution is -0.141. The average molecular weight is 550 g/mol. The molecular weight excluding hydrogens is 523 g/mol. The Morgan fingerprint density at radius 3 is 2.42 bits per heavy atom. The van der Waals surface area contributed by atoms with Crippen molar-refractivity contribution in [1.82, 2.24) is 9.78 Å². The second-order valence-electron chi connectivity index (χ2n) is 9.81. The van der Waals surface area contributed by atoms with Crippen LogP contribution in [0, 0.1) is 11.3 Å². The van der Waals surface area contributed by atoms with Crippen molar-refractivity contribution in [2.45, 2.75) is 31.7 Å². The predicted molar refractivity (Wildman–Crippen MR) is 142 cm³/mol. The minimum absolute atomic E-state index is 0.117. The first-order valence-corrected chi connectivity index (χ1v) is 12.1. The summed E-state index contributed by atoms with van der Waals surface area (Å²) in [7, 11) is 0. The molecule has 1 heterocycles. The third-order valence-corrected chi connectivity index (χ3v) is 5.72. The normalized spacial score (nSPS) is 12.4. The van der Waals surface area contributed by atoms with E-state index in [1.807, 2.05) is 19.9 Å². The van der Waals surface area contributed by atoms with Crippen LogP contribution in [-0.2, 0) is 6.18 Å². The van der Waals surface area contributed by atoms with Crippen LogP contribution in [0.2, 0.25) is 0 Å². The number of alkyl halides is 3. The molecule has 0 aliphatic rings. The van der Waals surface area contributed by atoms with Gasteiger partial charge in [-0.2, -0.15) is 23.5 Å². The number of carbonyl (C=O) groups is 1. The van der Waals surface area contributed by atoms with E-state index < -0.39 is 29.4 Å². The SMILES string of the molecule is CC(C)(N)COc1ccc(C(O)c2cccc(NC(=O)c3cc(C(F)(F)F)nn3-c3cccc(C#N)c3)c2)cc1. The first-order valence-electron chi connectivity index (χ1n) is 12.1. The summed E-state index contributed by atoms with van der Waals surface area (Å²) in [6, 6.07) is 21.4. The average Bonchev–Trinajstić information content (AvgIpc) is 3.38. The van der Waals surface area contributed by atoms with Gasteiger partial charge in [-0.15, -0.1) is 0 Å². The maximum Gasteiger partial charge on any atom is 0.435 e. The molecule has 11 heteroatoms. The van der Waals surface area contributed by atoms with Gasteiger partial charge in [0.2, 0.25) is 0 Å². The van der Waals surface area contributed by atoms with Crippen LogP contribution < -0.4 is 15.8 Å². The van der Waals surface area contributed by atoms with E-state index in [0.29, 0.717) is 29.5 Å². The largest absolute Gasteiger partial charge is 0.492 e. The van der Waals surface area contributed by atoms with E-state index in [4.69, 9.17) is 15.7 Å². The fourth-order valence-electron chi connectivity index (χ4n) is 3.78. The molecule has 1 atom stereocenters. The third-order valence-electron chi connectivity index (χ3n) is 5.72. The molecule has 4 N–H and O–H groups in total. The predicted octanol–water partition coefficient (Wildman–Crippen LogP) is 5.21. The summed E-state index contributed by atoms with van der Waals surface area (Å²) in [5.41, 5.74) is 5.35. The minimum Gasteiger partial charge on any atom is -0.492 e. The summed E-state index contributed by atoms with van der Waals surface area (Å²) in [5.74, 6) is -0.271. The molecule has 1 amide bonds. The van der Waals surface area contributed by atoms with Crippen molar-refractivity contribution in [3.05, 3.63) is 107 Å². The standard InChI is InChI=1S/C29H26F3N5O3/c1-28(2,34)17-40-23-11-9-19(10-12-23)26(38)20-6-4-7-21(14-20)35-27(39)24-15-25(29(30,31)32)36-37(24)22-8-3-5-18(13-22)16-33/h3-15,26,38H,17,34H2,1-2H3,(H,35,39). The highest BCUT2D eigenvalue weighted by atomic mass is 19.4. The van der Waals surface area contributed by atoms with E-state index in [-0.39, 0.29) is 22.6 Å². The Hall–Kier alpha value is -4.66. The third kappa shape index (κ3) is 6.85. The summed E-state index contributed by atoms with van der Waals surface area (Å²) in [6.07, 6.45) is -5.84. The molecule has 1 aromatic heterocycles. The quantitative estimate of drug-likeness (QED) is 0.277. The van der Waals surface area contributed by atoms with Gasteiger partial charge >= 0.3 is 6.18 Å². The zero-order valence-corrected chi connectivity index (χ0v) is 21.6. The van der Waals surface area contributed by atoms with Gasteiger partial charge < -0.3 is 20.9 Å². The van der Waals surface area contributed by atoms with Crippen molar-refractivity contribution in [3.8, 4) is 17.5 Å². The fourth-order valence-corrected chi connectivity index (χ4v) is 3.78. The number of hydrogen-bond donors (Lipinski definition) is 3. The Balaban J connectivity index is 1.56. The molecule has 4 rings (SSSR count). The molecule has 206 valence electrons. The Morgan fingerprint density at radius 2 is 1.77 bits per heavy atom. The van der Waals surface area contributed by atoms with Crippen molar-refractivity contribution in [2.24, 2.45) is 5.73 Å². The Kier molecular flexibility index (Phi) is 7.95. The molecule has 0 saturated heterocycles. The number of nitrogens with two attached hydrogens (primary N) is 1. The number of benzene rings is 3. The van der Waals surface area contributed by atoms with Crippen molar-refractivity contribution in [1.29, 1.82) is 5.26 Å². The van der Waals surface area contributed by atoms with Crippen LogP contribution in [-0.4, -0.2) is 32.9 Å². The van der Waals surface area contributed by atoms with Gasteiger partial charge in [0.25, 0.3) is 5.91 Å². The van der Waals surface area contributed by atoms with Gasteiger partial charge in [0.1, 0.15) is 24.2 Å². The molecule has 3 aromatic carbocycles. The van der Waals surface area contributed by atoms with Crippen LogP contribution in [0.1, 0.15) is 52.8 Å². The van der Waals surface area contributed by atoms with Crippen LogP contribution in [0.25, 0.3) is 5.69 Å². The molecule has 0 spiro atoms. The zero-order valence-electron chi connectivity index (χ0n) is 21.6. The van der Waals surface area contributed by atoms with Gasteiger partial charge in [0.05, 0.1) is 17.3 Å². The number of amides is 1. The van der Waals surface area contributed by atoms with Crippen LogP contribution in [0.5, 0.6) is 5.75 Å². The first kappa shape index (κ1) is 28.4. The van der Waals surface area contributed by atoms with Crippen LogP contribution in [0.15, 0.2) is 78.9 Å². The molecule has 40 heavy (non-hydrogen) atoms. The molecule has 0 fully saturated rings. The number of nitrogens with zero attached hydrogens (tertiary/aromatic N) is 3. The molecule has 1 unspecified atom stereocenters. The molecule has 0 aliphatic heterocycles. The lowest BCUT2D eigenvalue weighted by atomic mass is 10.0. The van der Waals surface area contributed by atoms with E-state index in [2.05, 4.69) is 10.4 Å². The molecule has 0 saturated carbocycles. The number of aliphatic hydroxyl groups is 1. The number of nitrogens with one attached hydrogen (secondary N) is 1. The van der Waals surface area contributed by atoms with Gasteiger partial charge in [0.15, 0.2) is 5.69 Å². The van der Waals surface area contributed by atoms with Gasteiger partial charge in [0, 0.05) is 17.3 Å². The number of hydrogen-bond acceptors (Lipinski definition) is 6. The first-order chi connectivity index (χ1) is 18.8. The number of aliphatic hydroxyl groups excluding tert-OH is 1. The molecule has 8 nitrogen and oxygen atoms in total. The van der Waals surface area contributed by atoms with Crippen LogP contribution in [0.3, 0.4) is 0 Å². The second kappa shape index (κ2) is 11.2. The van der Waals surface area contributed by atoms with Crippen molar-refractivity contribution < 1.29 is 27.8 Å². The van der Waals surface area contributed by atoms with E-state index >= 15 is 0 Å². The highest BCUT2D eigenvalue weighted by molar-refractivity contribution is 6.03. The Morgan fingerprint density at radius 1 is 1.07 bits per heavy atom. The van der Waals surface area contributed by atoms with Crippen LogP contribution >= 0.6 is 0 Å².